The molecule has 3 aromatic rings. The number of sulfonamides is 1. The van der Waals surface area contributed by atoms with Crippen LogP contribution in [0.3, 0.4) is 0 Å². The minimum atomic E-state index is -3.61. The zero-order valence-electron chi connectivity index (χ0n) is 20.1. The van der Waals surface area contributed by atoms with Gasteiger partial charge in [-0.05, 0) is 68.5 Å². The molecule has 0 spiro atoms. The number of fused-ring (bicyclic) bond motifs is 1. The minimum absolute atomic E-state index is 0.0593. The monoisotopic (exact) mass is 515 g/mol. The van der Waals surface area contributed by atoms with Crippen molar-refractivity contribution >= 4 is 43.5 Å². The van der Waals surface area contributed by atoms with Gasteiger partial charge in [-0.15, -0.1) is 0 Å². The third kappa shape index (κ3) is 5.39. The molecule has 186 valence electrons. The summed E-state index contributed by atoms with van der Waals surface area (Å²) in [6.45, 7) is 6.94. The number of hydrogen-bond donors (Lipinski definition) is 0. The largest absolute Gasteiger partial charge is 0.465 e. The van der Waals surface area contributed by atoms with E-state index in [2.05, 4.69) is 11.9 Å². The van der Waals surface area contributed by atoms with Crippen LogP contribution in [0, 0.1) is 12.8 Å². The van der Waals surface area contributed by atoms with Gasteiger partial charge in [-0.25, -0.2) is 8.42 Å². The molecule has 35 heavy (non-hydrogen) atoms. The van der Waals surface area contributed by atoms with Gasteiger partial charge in [0.25, 0.3) is 5.91 Å². The molecule has 0 aliphatic carbocycles. The van der Waals surface area contributed by atoms with Crippen molar-refractivity contribution in [1.82, 2.24) is 8.87 Å². The summed E-state index contributed by atoms with van der Waals surface area (Å²) in [6.07, 6.45) is 1.87. The number of rotatable bonds is 6. The number of ether oxygens (including phenoxy) is 1. The molecule has 1 amide bonds. The van der Waals surface area contributed by atoms with Crippen LogP contribution in [0.4, 0.5) is 0 Å². The van der Waals surface area contributed by atoms with Crippen molar-refractivity contribution < 1.29 is 22.7 Å². The highest BCUT2D eigenvalue weighted by atomic mass is 32.2. The number of aromatic nitrogens is 1. The van der Waals surface area contributed by atoms with Gasteiger partial charge in [0.1, 0.15) is 6.54 Å². The first-order valence-electron chi connectivity index (χ1n) is 11.6. The number of para-hydroxylation sites is 1. The van der Waals surface area contributed by atoms with Crippen molar-refractivity contribution in [3.05, 3.63) is 58.4 Å². The number of thiazole rings is 1. The second kappa shape index (κ2) is 10.4. The Morgan fingerprint density at radius 2 is 1.91 bits per heavy atom. The topological polar surface area (TPSA) is 98.0 Å². The third-order valence-electron chi connectivity index (χ3n) is 6.05. The molecule has 0 saturated carbocycles. The molecular weight excluding hydrogens is 486 g/mol. The van der Waals surface area contributed by atoms with Crippen LogP contribution in [0.5, 0.6) is 0 Å². The van der Waals surface area contributed by atoms with Gasteiger partial charge in [-0.2, -0.15) is 9.30 Å². The van der Waals surface area contributed by atoms with E-state index in [-0.39, 0.29) is 23.6 Å². The molecule has 1 unspecified atom stereocenters. The first-order valence-corrected chi connectivity index (χ1v) is 13.9. The molecule has 0 bridgehead atoms. The van der Waals surface area contributed by atoms with Gasteiger partial charge in [-0.3, -0.25) is 9.59 Å². The second-order valence-electron chi connectivity index (χ2n) is 8.75. The van der Waals surface area contributed by atoms with Crippen molar-refractivity contribution in [3.63, 3.8) is 0 Å². The molecule has 1 aliphatic heterocycles. The van der Waals surface area contributed by atoms with Gasteiger partial charge in [0.2, 0.25) is 10.0 Å². The Kier molecular flexibility index (Phi) is 7.53. The van der Waals surface area contributed by atoms with E-state index in [0.717, 1.165) is 28.6 Å². The molecule has 10 heteroatoms. The average molecular weight is 516 g/mol. The standard InChI is InChI=1S/C25H29N3O5S2/c1-4-33-22(29)16-28-23-18(3)8-5-9-21(23)34-25(28)26-24(30)19-10-12-20(13-11-19)35(31,32)27-14-6-7-17(2)15-27/h5,8-13,17H,4,6-7,14-16H2,1-3H3. The Bertz CT molecular complexity index is 1420. The summed E-state index contributed by atoms with van der Waals surface area (Å²) in [6, 6.07) is 11.7. The number of amides is 1. The maximum atomic E-state index is 13.0. The van der Waals surface area contributed by atoms with Crippen molar-refractivity contribution in [1.29, 1.82) is 0 Å². The van der Waals surface area contributed by atoms with E-state index in [1.54, 1.807) is 11.5 Å². The third-order valence-corrected chi connectivity index (χ3v) is 8.97. The summed E-state index contributed by atoms with van der Waals surface area (Å²) in [4.78, 5) is 30.1. The van der Waals surface area contributed by atoms with Gasteiger partial charge in [0.15, 0.2) is 4.80 Å². The van der Waals surface area contributed by atoms with E-state index in [1.807, 2.05) is 25.1 Å². The van der Waals surface area contributed by atoms with Crippen LogP contribution in [-0.4, -0.2) is 48.9 Å². The maximum absolute atomic E-state index is 13.0. The van der Waals surface area contributed by atoms with Crippen molar-refractivity contribution in [3.8, 4) is 0 Å². The lowest BCUT2D eigenvalue weighted by molar-refractivity contribution is -0.143. The number of piperidine rings is 1. The van der Waals surface area contributed by atoms with Crippen LogP contribution in [0.25, 0.3) is 10.2 Å². The van der Waals surface area contributed by atoms with Crippen LogP contribution in [0.1, 0.15) is 42.6 Å². The fraction of sp³-hybridized carbons (Fsp3) is 0.400. The van der Waals surface area contributed by atoms with E-state index in [0.29, 0.717) is 23.8 Å². The quantitative estimate of drug-likeness (QED) is 0.466. The molecule has 1 aromatic heterocycles. The molecule has 1 saturated heterocycles. The van der Waals surface area contributed by atoms with Gasteiger partial charge >= 0.3 is 5.97 Å². The highest BCUT2D eigenvalue weighted by Gasteiger charge is 2.28. The zero-order valence-corrected chi connectivity index (χ0v) is 21.7. The molecular formula is C25H29N3O5S2. The average Bonchev–Trinajstić information content (AvgIpc) is 3.17. The van der Waals surface area contributed by atoms with Crippen molar-refractivity contribution in [2.75, 3.05) is 19.7 Å². The molecule has 0 N–H and O–H groups in total. The Morgan fingerprint density at radius 1 is 1.17 bits per heavy atom. The number of esters is 1. The van der Waals surface area contributed by atoms with E-state index < -0.39 is 21.9 Å². The Morgan fingerprint density at radius 3 is 2.60 bits per heavy atom. The number of aryl methyl sites for hydroxylation is 1. The highest BCUT2D eigenvalue weighted by molar-refractivity contribution is 7.89. The second-order valence-corrected chi connectivity index (χ2v) is 11.7. The SMILES string of the molecule is CCOC(=O)Cn1c(=NC(=O)c2ccc(S(=O)(=O)N3CCCC(C)C3)cc2)sc2cccc(C)c21. The molecule has 0 radical (unpaired) electrons. The van der Waals surface area contributed by atoms with E-state index in [4.69, 9.17) is 4.74 Å². The Hall–Kier alpha value is -2.82. The molecule has 1 fully saturated rings. The number of hydrogen-bond acceptors (Lipinski definition) is 6. The van der Waals surface area contributed by atoms with E-state index in [1.165, 1.54) is 39.9 Å². The van der Waals surface area contributed by atoms with Gasteiger partial charge < -0.3 is 9.30 Å². The van der Waals surface area contributed by atoms with Crippen LogP contribution in [0.15, 0.2) is 52.4 Å². The predicted molar refractivity (Wildman–Crippen MR) is 135 cm³/mol. The Balaban J connectivity index is 1.66. The molecule has 2 aromatic carbocycles. The molecule has 8 nitrogen and oxygen atoms in total. The molecule has 1 atom stereocenters. The summed E-state index contributed by atoms with van der Waals surface area (Å²) in [5, 5.41) is 0. The number of carbonyl (C=O) groups is 2. The smallest absolute Gasteiger partial charge is 0.326 e. The predicted octanol–water partition coefficient (Wildman–Crippen LogP) is 3.74. The number of benzene rings is 2. The fourth-order valence-electron chi connectivity index (χ4n) is 4.31. The van der Waals surface area contributed by atoms with Crippen LogP contribution in [-0.2, 0) is 26.1 Å². The number of carbonyl (C=O) groups excluding carboxylic acids is 2. The zero-order chi connectivity index (χ0) is 25.2. The first-order chi connectivity index (χ1) is 16.7. The maximum Gasteiger partial charge on any atom is 0.326 e. The molecule has 2 heterocycles. The lowest BCUT2D eigenvalue weighted by atomic mass is 10.0. The summed E-state index contributed by atoms with van der Waals surface area (Å²) in [5.74, 6) is -0.599. The Labute approximate surface area is 208 Å². The normalized spacial score (nSPS) is 17.6. The van der Waals surface area contributed by atoms with Gasteiger partial charge in [0.05, 0.1) is 21.7 Å². The molecule has 4 rings (SSSR count). The molecule has 1 aliphatic rings. The summed E-state index contributed by atoms with van der Waals surface area (Å²) in [7, 11) is -3.61. The van der Waals surface area contributed by atoms with Crippen LogP contribution >= 0.6 is 11.3 Å². The van der Waals surface area contributed by atoms with E-state index in [9.17, 15) is 18.0 Å². The van der Waals surface area contributed by atoms with Crippen molar-refractivity contribution in [2.45, 2.75) is 45.1 Å². The summed E-state index contributed by atoms with van der Waals surface area (Å²) < 4.78 is 35.2. The van der Waals surface area contributed by atoms with Gasteiger partial charge in [-0.1, -0.05) is 30.4 Å². The first kappa shape index (κ1) is 25.3. The van der Waals surface area contributed by atoms with Crippen LogP contribution < -0.4 is 4.80 Å². The van der Waals surface area contributed by atoms with E-state index >= 15 is 0 Å². The lowest BCUT2D eigenvalue weighted by Gasteiger charge is -2.30. The van der Waals surface area contributed by atoms with Crippen molar-refractivity contribution in [2.24, 2.45) is 10.9 Å². The highest BCUT2D eigenvalue weighted by Crippen LogP contribution is 2.24. The summed E-state index contributed by atoms with van der Waals surface area (Å²) in [5.41, 5.74) is 2.06. The summed E-state index contributed by atoms with van der Waals surface area (Å²) >= 11 is 1.31. The fourth-order valence-corrected chi connectivity index (χ4v) is 7.01. The van der Waals surface area contributed by atoms with Gasteiger partial charge in [0, 0.05) is 18.7 Å². The lowest BCUT2D eigenvalue weighted by Crippen LogP contribution is -2.39. The minimum Gasteiger partial charge on any atom is -0.465 e. The number of nitrogens with zero attached hydrogens (tertiary/aromatic N) is 3. The van der Waals surface area contributed by atoms with Crippen LogP contribution in [0.2, 0.25) is 0 Å².